The molecule has 0 aromatic heterocycles. The summed E-state index contributed by atoms with van der Waals surface area (Å²) in [4.78, 5) is 84.3. The minimum Gasteiger partial charge on any atom is -0.481 e. The van der Waals surface area contributed by atoms with Gasteiger partial charge in [0.25, 0.3) is 0 Å². The normalized spacial score (nSPS) is 33.5. The highest BCUT2D eigenvalue weighted by atomic mass is 16.6. The molecule has 4 saturated carbocycles. The summed E-state index contributed by atoms with van der Waals surface area (Å²) in [6.07, 6.45) is 2.38. The molecule has 298 valence electrons. The van der Waals surface area contributed by atoms with Crippen molar-refractivity contribution in [3.05, 3.63) is 0 Å². The summed E-state index contributed by atoms with van der Waals surface area (Å²) in [5, 5.41) is 21.3. The molecule has 4 rings (SSSR count). The maximum atomic E-state index is 13.4. The average Bonchev–Trinajstić information content (AvgIpc) is 3.48. The Kier molecular flexibility index (Phi) is 14.3. The number of rotatable bonds is 16. The standard InChI is InChI=1S/C38H56O15/c1-21(6-9-29(40)41)24-7-8-25-36-26(18-28(38(24,25)3)53-33(45)13-11-31(43)51-20-35(47)49-5)37(2)15-14-23(16-22(37)17-27(36)39)52-32(44)12-10-30(42)50-19-34(46)48-4/h21-28,36,39H,6-20H2,1-5H3,(H,40,41). The van der Waals surface area contributed by atoms with Gasteiger partial charge < -0.3 is 38.6 Å². The molecule has 11 atom stereocenters. The number of methoxy groups -OCH3 is 2. The van der Waals surface area contributed by atoms with E-state index in [1.807, 2.05) is 6.92 Å². The van der Waals surface area contributed by atoms with Crippen LogP contribution in [0.1, 0.15) is 104 Å². The van der Waals surface area contributed by atoms with Crippen molar-refractivity contribution in [1.29, 1.82) is 0 Å². The van der Waals surface area contributed by atoms with Gasteiger partial charge in [-0.2, -0.15) is 0 Å². The molecule has 0 aliphatic heterocycles. The third-order valence-corrected chi connectivity index (χ3v) is 13.1. The van der Waals surface area contributed by atoms with Gasteiger partial charge in [-0.25, -0.2) is 9.59 Å². The molecule has 11 unspecified atom stereocenters. The van der Waals surface area contributed by atoms with E-state index in [1.165, 1.54) is 14.2 Å². The third-order valence-electron chi connectivity index (χ3n) is 13.1. The van der Waals surface area contributed by atoms with Crippen molar-refractivity contribution >= 4 is 41.8 Å². The first-order valence-electron chi connectivity index (χ1n) is 18.8. The van der Waals surface area contributed by atoms with Crippen LogP contribution in [0.4, 0.5) is 0 Å². The SMILES string of the molecule is COC(=O)COC(=O)CCC(=O)OC1CCC2(C)C(C1)CC(O)C1C2CC(OC(=O)CCC(=O)OCC(=O)OC)C2(C)C(C(C)CCC(=O)O)CCC12. The lowest BCUT2D eigenvalue weighted by Gasteiger charge is -2.64. The lowest BCUT2D eigenvalue weighted by molar-refractivity contribution is -0.219. The highest BCUT2D eigenvalue weighted by Gasteiger charge is 2.67. The number of carboxylic acid groups (broad SMARTS) is 1. The van der Waals surface area contributed by atoms with Gasteiger partial charge in [0.15, 0.2) is 13.2 Å². The zero-order chi connectivity index (χ0) is 39.1. The molecule has 0 saturated heterocycles. The zero-order valence-corrected chi connectivity index (χ0v) is 31.5. The number of carboxylic acids is 1. The number of hydrogen-bond acceptors (Lipinski definition) is 14. The van der Waals surface area contributed by atoms with Crippen molar-refractivity contribution < 1.29 is 72.2 Å². The second-order valence-corrected chi connectivity index (χ2v) is 15.8. The van der Waals surface area contributed by atoms with Crippen molar-refractivity contribution in [3.8, 4) is 0 Å². The summed E-state index contributed by atoms with van der Waals surface area (Å²) < 4.78 is 30.7. The molecule has 0 spiro atoms. The van der Waals surface area contributed by atoms with Crippen molar-refractivity contribution in [2.75, 3.05) is 27.4 Å². The highest BCUT2D eigenvalue weighted by Crippen LogP contribution is 2.69. The summed E-state index contributed by atoms with van der Waals surface area (Å²) in [6, 6.07) is 0. The lowest BCUT2D eigenvalue weighted by atomic mass is 9.43. The maximum Gasteiger partial charge on any atom is 0.344 e. The molecule has 0 heterocycles. The van der Waals surface area contributed by atoms with E-state index in [1.54, 1.807) is 0 Å². The van der Waals surface area contributed by atoms with Crippen LogP contribution in [0.5, 0.6) is 0 Å². The Balaban J connectivity index is 1.48. The van der Waals surface area contributed by atoms with Gasteiger partial charge in [0.05, 0.1) is 46.0 Å². The Morgan fingerprint density at radius 1 is 0.698 bits per heavy atom. The van der Waals surface area contributed by atoms with Gasteiger partial charge in [0, 0.05) is 11.8 Å². The number of esters is 6. The van der Waals surface area contributed by atoms with E-state index in [9.17, 15) is 43.8 Å². The van der Waals surface area contributed by atoms with Gasteiger partial charge in [-0.15, -0.1) is 0 Å². The predicted octanol–water partition coefficient (Wildman–Crippen LogP) is 3.54. The second kappa shape index (κ2) is 18.1. The second-order valence-electron chi connectivity index (χ2n) is 15.8. The van der Waals surface area contributed by atoms with E-state index in [0.717, 1.165) is 12.8 Å². The van der Waals surface area contributed by atoms with Gasteiger partial charge >= 0.3 is 41.8 Å². The molecule has 0 radical (unpaired) electrons. The van der Waals surface area contributed by atoms with Crippen LogP contribution in [-0.4, -0.2) is 97.7 Å². The first kappa shape index (κ1) is 42.0. The van der Waals surface area contributed by atoms with Crippen LogP contribution in [0.15, 0.2) is 0 Å². The molecule has 15 heteroatoms. The van der Waals surface area contributed by atoms with Crippen molar-refractivity contribution in [3.63, 3.8) is 0 Å². The fraction of sp³-hybridized carbons (Fsp3) is 0.816. The molecular weight excluding hydrogens is 696 g/mol. The number of ether oxygens (including phenoxy) is 6. The predicted molar refractivity (Wildman–Crippen MR) is 182 cm³/mol. The van der Waals surface area contributed by atoms with Gasteiger partial charge in [0.1, 0.15) is 12.2 Å². The summed E-state index contributed by atoms with van der Waals surface area (Å²) in [7, 11) is 2.34. The van der Waals surface area contributed by atoms with E-state index in [0.29, 0.717) is 38.5 Å². The van der Waals surface area contributed by atoms with Crippen molar-refractivity contribution in [2.45, 2.75) is 123 Å². The smallest absolute Gasteiger partial charge is 0.344 e. The van der Waals surface area contributed by atoms with E-state index < -0.39 is 78.7 Å². The molecular formula is C38H56O15. The fourth-order valence-electron chi connectivity index (χ4n) is 10.3. The van der Waals surface area contributed by atoms with Crippen LogP contribution in [0.3, 0.4) is 0 Å². The van der Waals surface area contributed by atoms with E-state index in [2.05, 4.69) is 23.3 Å². The summed E-state index contributed by atoms with van der Waals surface area (Å²) in [6.45, 7) is 5.30. The molecule has 15 nitrogen and oxygen atoms in total. The number of aliphatic hydroxyl groups excluding tert-OH is 1. The number of carbonyl (C=O) groups excluding carboxylic acids is 6. The maximum absolute atomic E-state index is 13.4. The van der Waals surface area contributed by atoms with Gasteiger partial charge in [-0.1, -0.05) is 20.8 Å². The van der Waals surface area contributed by atoms with E-state index >= 15 is 0 Å². The van der Waals surface area contributed by atoms with Gasteiger partial charge in [-0.3, -0.25) is 24.0 Å². The van der Waals surface area contributed by atoms with Crippen LogP contribution < -0.4 is 0 Å². The Bertz CT molecular complexity index is 1380. The molecule has 53 heavy (non-hydrogen) atoms. The first-order valence-corrected chi connectivity index (χ1v) is 18.8. The van der Waals surface area contributed by atoms with Gasteiger partial charge in [0.2, 0.25) is 0 Å². The highest BCUT2D eigenvalue weighted by molar-refractivity contribution is 5.80. The molecule has 2 N–H and O–H groups in total. The number of aliphatic carboxylic acids is 1. The number of fused-ring (bicyclic) bond motifs is 5. The topological polar surface area (TPSA) is 215 Å². The summed E-state index contributed by atoms with van der Waals surface area (Å²) in [5.74, 6) is -4.88. The Labute approximate surface area is 310 Å². The van der Waals surface area contributed by atoms with Crippen LogP contribution >= 0.6 is 0 Å². The van der Waals surface area contributed by atoms with Crippen LogP contribution in [0, 0.1) is 46.3 Å². The van der Waals surface area contributed by atoms with E-state index in [-0.39, 0.29) is 73.0 Å². The average molecular weight is 753 g/mol. The van der Waals surface area contributed by atoms with Crippen LogP contribution in [0.2, 0.25) is 0 Å². The van der Waals surface area contributed by atoms with Crippen LogP contribution in [-0.2, 0) is 62.0 Å². The Morgan fingerprint density at radius 2 is 1.26 bits per heavy atom. The first-order chi connectivity index (χ1) is 25.0. The molecule has 0 aromatic carbocycles. The molecule has 0 bridgehead atoms. The van der Waals surface area contributed by atoms with Gasteiger partial charge in [-0.05, 0) is 92.3 Å². The monoisotopic (exact) mass is 752 g/mol. The molecule has 0 amide bonds. The van der Waals surface area contributed by atoms with E-state index in [4.69, 9.17) is 18.9 Å². The molecule has 4 fully saturated rings. The van der Waals surface area contributed by atoms with Crippen molar-refractivity contribution in [1.82, 2.24) is 0 Å². The molecule has 0 aromatic rings. The Morgan fingerprint density at radius 3 is 1.83 bits per heavy atom. The quantitative estimate of drug-likeness (QED) is 0.170. The Hall–Kier alpha value is -3.75. The number of hydrogen-bond donors (Lipinski definition) is 2. The van der Waals surface area contributed by atoms with Crippen molar-refractivity contribution in [2.24, 2.45) is 46.3 Å². The lowest BCUT2D eigenvalue weighted by Crippen LogP contribution is -2.63. The van der Waals surface area contributed by atoms with Crippen LogP contribution in [0.25, 0.3) is 0 Å². The minimum atomic E-state index is -0.872. The zero-order valence-electron chi connectivity index (χ0n) is 31.5. The summed E-state index contributed by atoms with van der Waals surface area (Å²) >= 11 is 0. The third kappa shape index (κ3) is 9.87. The molecule has 4 aliphatic carbocycles. The molecule has 4 aliphatic rings. The number of carbonyl (C=O) groups is 7. The number of aliphatic hydroxyl groups is 1. The fourth-order valence-corrected chi connectivity index (χ4v) is 10.3. The minimum absolute atomic E-state index is 0.00335. The summed E-state index contributed by atoms with van der Waals surface area (Å²) in [5.41, 5.74) is -0.809. The largest absolute Gasteiger partial charge is 0.481 e.